The summed E-state index contributed by atoms with van der Waals surface area (Å²) < 4.78 is 41.9. The molecule has 1 amide bonds. The lowest BCUT2D eigenvalue weighted by atomic mass is 9.56. The number of aliphatic hydroxyl groups is 1. The van der Waals surface area contributed by atoms with E-state index >= 15 is 0 Å². The largest absolute Gasteiger partial charge is 0.475 e. The van der Waals surface area contributed by atoms with Crippen LogP contribution < -0.4 is 9.46 Å². The van der Waals surface area contributed by atoms with Gasteiger partial charge in [-0.25, -0.2) is 18.1 Å². The minimum Gasteiger partial charge on any atom is -0.475 e. The highest BCUT2D eigenvalue weighted by molar-refractivity contribution is 7.92. The third-order valence-electron chi connectivity index (χ3n) is 9.42. The van der Waals surface area contributed by atoms with Gasteiger partial charge in [-0.3, -0.25) is 9.59 Å². The Bertz CT molecular complexity index is 1830. The van der Waals surface area contributed by atoms with Crippen molar-refractivity contribution in [1.82, 2.24) is 14.9 Å². The maximum Gasteiger partial charge on any atom is 0.315 e. The average molecular weight is 693 g/mol. The normalized spacial score (nSPS) is 22.5. The summed E-state index contributed by atoms with van der Waals surface area (Å²) in [7, 11) is -4.23. The van der Waals surface area contributed by atoms with E-state index in [9.17, 15) is 23.1 Å². The number of nitrogens with zero attached hydrogens (tertiary/aromatic N) is 3. The number of benzene rings is 2. The van der Waals surface area contributed by atoms with Gasteiger partial charge in [0.15, 0.2) is 0 Å². The number of esters is 1. The molecule has 2 heterocycles. The summed E-state index contributed by atoms with van der Waals surface area (Å²) in [5.41, 5.74) is 0.435. The van der Waals surface area contributed by atoms with E-state index in [1.54, 1.807) is 44.7 Å². The first-order valence-corrected chi connectivity index (χ1v) is 18.2. The van der Waals surface area contributed by atoms with Crippen molar-refractivity contribution in [2.75, 3.05) is 11.3 Å². The van der Waals surface area contributed by atoms with Crippen LogP contribution >= 0.6 is 0 Å². The first-order chi connectivity index (χ1) is 22.7. The summed E-state index contributed by atoms with van der Waals surface area (Å²) >= 11 is 0. The molecule has 2 N–H and O–H groups in total. The quantitative estimate of drug-likeness (QED) is 0.294. The predicted molar refractivity (Wildman–Crippen MR) is 187 cm³/mol. The van der Waals surface area contributed by atoms with Gasteiger partial charge in [-0.1, -0.05) is 45.0 Å². The number of hydrogen-bond acceptors (Lipinski definition) is 9. The molecule has 0 saturated heterocycles. The van der Waals surface area contributed by atoms with Crippen LogP contribution in [-0.4, -0.2) is 70.7 Å². The molecule has 264 valence electrons. The number of rotatable bonds is 6. The zero-order chi connectivity index (χ0) is 36.1. The number of ether oxygens (including phenoxy) is 2. The minimum atomic E-state index is -4.23. The van der Waals surface area contributed by atoms with Gasteiger partial charge in [0, 0.05) is 23.2 Å². The van der Waals surface area contributed by atoms with Crippen molar-refractivity contribution in [3.63, 3.8) is 0 Å². The fourth-order valence-corrected chi connectivity index (χ4v) is 7.94. The molecule has 0 spiro atoms. The number of carbonyl (C=O) groups is 2. The van der Waals surface area contributed by atoms with Crippen molar-refractivity contribution in [2.45, 2.75) is 110 Å². The Morgan fingerprint density at radius 3 is 2.29 bits per heavy atom. The minimum absolute atomic E-state index is 0.0283. The highest BCUT2D eigenvalue weighted by Crippen LogP contribution is 2.53. The van der Waals surface area contributed by atoms with E-state index < -0.39 is 45.0 Å². The summed E-state index contributed by atoms with van der Waals surface area (Å²) in [5.74, 6) is -0.940. The fraction of sp³-hybridized carbons (Fsp3) is 0.514. The molecule has 49 heavy (non-hydrogen) atoms. The number of nitrogens with one attached hydrogen (secondary N) is 1. The molecule has 1 atom stereocenters. The van der Waals surface area contributed by atoms with Gasteiger partial charge < -0.3 is 19.5 Å². The first-order valence-electron chi connectivity index (χ1n) is 16.7. The van der Waals surface area contributed by atoms with Crippen molar-refractivity contribution in [3.05, 3.63) is 65.2 Å². The van der Waals surface area contributed by atoms with Gasteiger partial charge >= 0.3 is 5.97 Å². The third-order valence-corrected chi connectivity index (χ3v) is 10.7. The Morgan fingerprint density at radius 2 is 1.69 bits per heavy atom. The number of sulfonamides is 1. The molecular formula is C37H48N4O7S. The second-order valence-electron chi connectivity index (χ2n) is 15.4. The highest BCUT2D eigenvalue weighted by atomic mass is 32.2. The van der Waals surface area contributed by atoms with E-state index in [4.69, 9.17) is 9.47 Å². The topological polar surface area (TPSA) is 148 Å². The Kier molecular flexibility index (Phi) is 9.63. The lowest BCUT2D eigenvalue weighted by Crippen LogP contribution is -2.66. The monoisotopic (exact) mass is 692 g/mol. The third kappa shape index (κ3) is 7.45. The Labute approximate surface area is 289 Å². The van der Waals surface area contributed by atoms with Gasteiger partial charge in [-0.05, 0) is 95.5 Å². The summed E-state index contributed by atoms with van der Waals surface area (Å²) in [5, 5.41) is 11.3. The zero-order valence-corrected chi connectivity index (χ0v) is 30.6. The average Bonchev–Trinajstić information content (AvgIpc) is 2.94. The molecule has 1 aromatic heterocycles. The number of aryl methyl sites for hydroxylation is 2. The summed E-state index contributed by atoms with van der Waals surface area (Å²) in [6.45, 7) is 16.8. The van der Waals surface area contributed by atoms with Gasteiger partial charge in [-0.2, -0.15) is 4.98 Å². The Balaban J connectivity index is 1.66. The van der Waals surface area contributed by atoms with Crippen molar-refractivity contribution >= 4 is 27.8 Å². The lowest BCUT2D eigenvalue weighted by Gasteiger charge is -2.56. The standard InChI is InChI=1S/C37H48N4O7S/c1-22(2)48-33(43)37(36(8,9)44)19-26(20-37)41-27(18-35(5,6)7)21-47-30-17-29(31-23(3)12-10-13-24(31)4)38-34(39-30)40-49(45,46)28-15-11-14-25(16-28)32(41)42/h10-17,22,26-27,44H,18-21H2,1-9H3,(H,38,39,40)/t26?,27-,37?/m1/s1. The molecule has 2 aliphatic rings. The molecule has 2 aromatic carbocycles. The van der Waals surface area contributed by atoms with Crippen LogP contribution in [0.1, 0.15) is 89.2 Å². The van der Waals surface area contributed by atoms with Gasteiger partial charge in [-0.15, -0.1) is 0 Å². The van der Waals surface area contributed by atoms with Crippen LogP contribution in [-0.2, 0) is 19.6 Å². The van der Waals surface area contributed by atoms with E-state index in [1.165, 1.54) is 18.2 Å². The van der Waals surface area contributed by atoms with Crippen LogP contribution in [0.4, 0.5) is 5.95 Å². The Hall–Kier alpha value is -4.03. The van der Waals surface area contributed by atoms with Crippen LogP contribution in [0.5, 0.6) is 5.88 Å². The number of aromatic nitrogens is 2. The molecule has 11 nitrogen and oxygen atoms in total. The number of fused-ring (bicyclic) bond motifs is 4. The molecule has 0 radical (unpaired) electrons. The van der Waals surface area contributed by atoms with E-state index in [0.717, 1.165) is 16.7 Å². The van der Waals surface area contributed by atoms with Crippen LogP contribution in [0.25, 0.3) is 11.3 Å². The second kappa shape index (κ2) is 13.0. The van der Waals surface area contributed by atoms with E-state index in [-0.39, 0.29) is 53.3 Å². The van der Waals surface area contributed by atoms with E-state index in [2.05, 4.69) is 35.5 Å². The van der Waals surface area contributed by atoms with Gasteiger partial charge in [0.2, 0.25) is 11.8 Å². The van der Waals surface area contributed by atoms with Crippen molar-refractivity contribution in [3.8, 4) is 17.1 Å². The predicted octanol–water partition coefficient (Wildman–Crippen LogP) is 6.07. The van der Waals surface area contributed by atoms with Crippen molar-refractivity contribution in [2.24, 2.45) is 10.8 Å². The van der Waals surface area contributed by atoms with E-state index in [1.807, 2.05) is 32.0 Å². The highest BCUT2D eigenvalue weighted by Gasteiger charge is 2.62. The van der Waals surface area contributed by atoms with Crippen LogP contribution in [0.3, 0.4) is 0 Å². The maximum atomic E-state index is 14.6. The molecule has 1 fully saturated rings. The number of hydrogen-bond donors (Lipinski definition) is 2. The first kappa shape index (κ1) is 36.3. The molecule has 1 saturated carbocycles. The molecule has 5 rings (SSSR count). The molecule has 0 unspecified atom stereocenters. The van der Waals surface area contributed by atoms with Gasteiger partial charge in [0.05, 0.1) is 33.8 Å². The number of amides is 1. The SMILES string of the molecule is Cc1cccc(C)c1-c1cc2nc(n1)NS(=O)(=O)c1cccc(c1)C(=O)N(C1CC(C(=O)OC(C)C)(C(C)(C)O)C1)[C@H](CC(C)(C)C)CO2. The number of carbonyl (C=O) groups excluding carboxylic acids is 2. The summed E-state index contributed by atoms with van der Waals surface area (Å²) in [4.78, 5) is 38.7. The van der Waals surface area contributed by atoms with Gasteiger partial charge in [0.1, 0.15) is 6.61 Å². The van der Waals surface area contributed by atoms with Crippen LogP contribution in [0, 0.1) is 24.7 Å². The van der Waals surface area contributed by atoms with Crippen molar-refractivity contribution < 1.29 is 32.6 Å². The molecule has 4 bridgehead atoms. The number of anilines is 1. The van der Waals surface area contributed by atoms with Crippen LogP contribution in [0.15, 0.2) is 53.4 Å². The van der Waals surface area contributed by atoms with E-state index in [0.29, 0.717) is 12.1 Å². The van der Waals surface area contributed by atoms with Crippen molar-refractivity contribution in [1.29, 1.82) is 0 Å². The maximum absolute atomic E-state index is 14.6. The molecule has 3 aromatic rings. The van der Waals surface area contributed by atoms with Crippen LogP contribution in [0.2, 0.25) is 0 Å². The lowest BCUT2D eigenvalue weighted by molar-refractivity contribution is -0.198. The second-order valence-corrected chi connectivity index (χ2v) is 17.1. The summed E-state index contributed by atoms with van der Waals surface area (Å²) in [6.07, 6.45) is 0.438. The fourth-order valence-electron chi connectivity index (χ4n) is 6.96. The Morgan fingerprint density at radius 1 is 1.06 bits per heavy atom. The molecular weight excluding hydrogens is 644 g/mol. The molecule has 1 aliphatic heterocycles. The molecule has 1 aliphatic carbocycles. The zero-order valence-electron chi connectivity index (χ0n) is 29.8. The van der Waals surface area contributed by atoms with Gasteiger partial charge in [0.25, 0.3) is 15.9 Å². The summed E-state index contributed by atoms with van der Waals surface area (Å²) in [6, 6.07) is 12.4. The molecule has 12 heteroatoms. The smallest absolute Gasteiger partial charge is 0.315 e.